The van der Waals surface area contributed by atoms with Gasteiger partial charge in [-0.3, -0.25) is 4.79 Å². The lowest BCUT2D eigenvalue weighted by atomic mass is 10.1. The number of thiazole rings is 1. The number of fused-ring (bicyclic) bond motifs is 1. The number of nitrogens with zero attached hydrogens (tertiary/aromatic N) is 3. The van der Waals surface area contributed by atoms with Crippen molar-refractivity contribution in [2.75, 3.05) is 7.05 Å². The molecule has 0 saturated carbocycles. The number of amides is 1. The summed E-state index contributed by atoms with van der Waals surface area (Å²) in [5.41, 5.74) is 4.70. The first-order valence-corrected chi connectivity index (χ1v) is 13.3. The van der Waals surface area contributed by atoms with Crippen molar-refractivity contribution in [2.45, 2.75) is 38.8 Å². The Balaban J connectivity index is 1.61. The highest BCUT2D eigenvalue weighted by Crippen LogP contribution is 2.22. The predicted octanol–water partition coefficient (Wildman–Crippen LogP) is 4.90. The van der Waals surface area contributed by atoms with Crippen LogP contribution >= 0.6 is 11.3 Å². The number of sulfonamides is 1. The maximum atomic E-state index is 13.0. The Morgan fingerprint density at radius 3 is 2.29 bits per heavy atom. The Bertz CT molecular complexity index is 1520. The van der Waals surface area contributed by atoms with Gasteiger partial charge in [-0.05, 0) is 73.9 Å². The first-order valence-electron chi connectivity index (χ1n) is 11.0. The van der Waals surface area contributed by atoms with Gasteiger partial charge in [-0.2, -0.15) is 9.30 Å². The summed E-state index contributed by atoms with van der Waals surface area (Å²) >= 11 is 1.48. The van der Waals surface area contributed by atoms with Crippen molar-refractivity contribution in [1.29, 1.82) is 0 Å². The summed E-state index contributed by atoms with van der Waals surface area (Å²) in [6.07, 6.45) is 0. The standard InChI is InChI=1S/C26H27N3O3S2/c1-5-29-23-15-18(2)19(3)16-24(23)33-26(29)27-25(30)21-11-13-22(14-12-21)34(31,32)28(4)17-20-9-7-6-8-10-20/h6-16H,5,17H2,1-4H3. The number of carbonyl (C=O) groups excluding carboxylic acids is 1. The third-order valence-corrected chi connectivity index (χ3v) is 8.73. The van der Waals surface area contributed by atoms with Gasteiger partial charge in [0, 0.05) is 25.7 Å². The highest BCUT2D eigenvalue weighted by Gasteiger charge is 2.21. The molecule has 0 aliphatic heterocycles. The second-order valence-corrected chi connectivity index (χ2v) is 11.3. The molecule has 0 unspecified atom stereocenters. The van der Waals surface area contributed by atoms with Crippen LogP contribution in [0.15, 0.2) is 76.6 Å². The number of rotatable bonds is 6. The van der Waals surface area contributed by atoms with E-state index in [-0.39, 0.29) is 11.4 Å². The zero-order valence-electron chi connectivity index (χ0n) is 19.6. The largest absolute Gasteiger partial charge is 0.317 e. The number of benzene rings is 3. The maximum Gasteiger partial charge on any atom is 0.279 e. The summed E-state index contributed by atoms with van der Waals surface area (Å²) in [7, 11) is -2.14. The molecule has 0 bridgehead atoms. The molecule has 1 aromatic heterocycles. The van der Waals surface area contributed by atoms with E-state index < -0.39 is 15.9 Å². The van der Waals surface area contributed by atoms with Crippen molar-refractivity contribution in [1.82, 2.24) is 8.87 Å². The molecule has 6 nitrogen and oxygen atoms in total. The fraction of sp³-hybridized carbons (Fsp3) is 0.231. The van der Waals surface area contributed by atoms with Gasteiger partial charge in [0.15, 0.2) is 4.80 Å². The van der Waals surface area contributed by atoms with Gasteiger partial charge in [-0.15, -0.1) is 0 Å². The van der Waals surface area contributed by atoms with E-state index in [4.69, 9.17) is 0 Å². The second-order valence-electron chi connectivity index (χ2n) is 8.22. The van der Waals surface area contributed by atoms with E-state index in [0.29, 0.717) is 16.9 Å². The molecule has 0 N–H and O–H groups in total. The van der Waals surface area contributed by atoms with Crippen LogP contribution in [0.25, 0.3) is 10.2 Å². The van der Waals surface area contributed by atoms with E-state index in [1.165, 1.54) is 51.0 Å². The lowest BCUT2D eigenvalue weighted by molar-refractivity contribution is 0.0997. The molecule has 0 saturated heterocycles. The third-order valence-electron chi connectivity index (χ3n) is 5.87. The molecule has 0 aliphatic carbocycles. The van der Waals surface area contributed by atoms with Gasteiger partial charge in [0.2, 0.25) is 10.0 Å². The molecule has 8 heteroatoms. The van der Waals surface area contributed by atoms with Crippen molar-refractivity contribution >= 4 is 37.5 Å². The Hall–Kier alpha value is -3.07. The van der Waals surface area contributed by atoms with Crippen LogP contribution in [0.3, 0.4) is 0 Å². The zero-order valence-corrected chi connectivity index (χ0v) is 21.3. The van der Waals surface area contributed by atoms with Gasteiger partial charge in [0.05, 0.1) is 15.1 Å². The lowest BCUT2D eigenvalue weighted by Crippen LogP contribution is -2.26. The average molecular weight is 494 g/mol. The van der Waals surface area contributed by atoms with Crippen LogP contribution in [0.2, 0.25) is 0 Å². The highest BCUT2D eigenvalue weighted by atomic mass is 32.2. The van der Waals surface area contributed by atoms with Gasteiger partial charge in [-0.25, -0.2) is 8.42 Å². The number of aromatic nitrogens is 1. The molecular weight excluding hydrogens is 466 g/mol. The van der Waals surface area contributed by atoms with Gasteiger partial charge in [0.1, 0.15) is 0 Å². The Morgan fingerprint density at radius 2 is 1.65 bits per heavy atom. The quantitative estimate of drug-likeness (QED) is 0.383. The molecular formula is C26H27N3O3S2. The van der Waals surface area contributed by atoms with Gasteiger partial charge in [0.25, 0.3) is 5.91 Å². The Kier molecular flexibility index (Phi) is 6.84. The van der Waals surface area contributed by atoms with Crippen molar-refractivity contribution in [3.63, 3.8) is 0 Å². The second kappa shape index (κ2) is 9.66. The van der Waals surface area contributed by atoms with Crippen molar-refractivity contribution in [3.05, 3.63) is 93.8 Å². The fourth-order valence-electron chi connectivity index (χ4n) is 3.74. The van der Waals surface area contributed by atoms with Gasteiger partial charge >= 0.3 is 0 Å². The summed E-state index contributed by atoms with van der Waals surface area (Å²) in [4.78, 5) is 18.0. The van der Waals surface area contributed by atoms with Crippen molar-refractivity contribution < 1.29 is 13.2 Å². The molecule has 0 fully saturated rings. The minimum atomic E-state index is -3.69. The van der Waals surface area contributed by atoms with E-state index in [9.17, 15) is 13.2 Å². The van der Waals surface area contributed by atoms with Crippen LogP contribution in [0.1, 0.15) is 34.0 Å². The van der Waals surface area contributed by atoms with Crippen LogP contribution in [0.5, 0.6) is 0 Å². The predicted molar refractivity (Wildman–Crippen MR) is 136 cm³/mol. The molecule has 1 amide bonds. The average Bonchev–Trinajstić information content (AvgIpc) is 3.15. The highest BCUT2D eigenvalue weighted by molar-refractivity contribution is 7.89. The SMILES string of the molecule is CCn1c(=NC(=O)c2ccc(S(=O)(=O)N(C)Cc3ccccc3)cc2)sc2cc(C)c(C)cc21. The summed E-state index contributed by atoms with van der Waals surface area (Å²) in [5, 5.41) is 0. The molecule has 4 rings (SSSR count). The normalized spacial score (nSPS) is 12.6. The van der Waals surface area contributed by atoms with E-state index >= 15 is 0 Å². The van der Waals surface area contributed by atoms with E-state index in [0.717, 1.165) is 15.8 Å². The monoisotopic (exact) mass is 493 g/mol. The lowest BCUT2D eigenvalue weighted by Gasteiger charge is -2.17. The van der Waals surface area contributed by atoms with Crippen LogP contribution in [-0.2, 0) is 23.1 Å². The molecule has 4 aromatic rings. The molecule has 34 heavy (non-hydrogen) atoms. The summed E-state index contributed by atoms with van der Waals surface area (Å²) in [6, 6.07) is 19.6. The fourth-order valence-corrected chi connectivity index (χ4v) is 6.07. The van der Waals surface area contributed by atoms with Crippen molar-refractivity contribution in [3.8, 4) is 0 Å². The number of aryl methyl sites for hydroxylation is 3. The van der Waals surface area contributed by atoms with E-state index in [1.54, 1.807) is 7.05 Å². The minimum absolute atomic E-state index is 0.138. The van der Waals surface area contributed by atoms with Crippen LogP contribution in [-0.4, -0.2) is 30.2 Å². The molecule has 1 heterocycles. The van der Waals surface area contributed by atoms with Crippen LogP contribution in [0, 0.1) is 13.8 Å². The number of hydrogen-bond donors (Lipinski definition) is 0. The Labute approximate surface area is 203 Å². The van der Waals surface area contributed by atoms with Gasteiger partial charge in [-0.1, -0.05) is 41.7 Å². The molecule has 176 valence electrons. The van der Waals surface area contributed by atoms with Crippen LogP contribution in [0.4, 0.5) is 0 Å². The van der Waals surface area contributed by atoms with Gasteiger partial charge < -0.3 is 4.57 Å². The molecule has 0 radical (unpaired) electrons. The summed E-state index contributed by atoms with van der Waals surface area (Å²) < 4.78 is 30.3. The van der Waals surface area contributed by atoms with Crippen LogP contribution < -0.4 is 4.80 Å². The topological polar surface area (TPSA) is 71.7 Å². The number of hydrogen-bond acceptors (Lipinski definition) is 4. The van der Waals surface area contributed by atoms with Crippen molar-refractivity contribution in [2.24, 2.45) is 4.99 Å². The maximum absolute atomic E-state index is 13.0. The summed E-state index contributed by atoms with van der Waals surface area (Å²) in [5.74, 6) is -0.399. The first kappa shape index (κ1) is 24.1. The summed E-state index contributed by atoms with van der Waals surface area (Å²) in [6.45, 7) is 7.12. The molecule has 3 aromatic carbocycles. The Morgan fingerprint density at radius 1 is 1.00 bits per heavy atom. The molecule has 0 atom stereocenters. The first-order chi connectivity index (χ1) is 16.2. The van der Waals surface area contributed by atoms with E-state index in [2.05, 4.69) is 31.0 Å². The molecule has 0 spiro atoms. The minimum Gasteiger partial charge on any atom is -0.317 e. The zero-order chi connectivity index (χ0) is 24.5. The third kappa shape index (κ3) is 4.75. The number of carbonyl (C=O) groups is 1. The molecule has 0 aliphatic rings. The van der Waals surface area contributed by atoms with E-state index in [1.807, 2.05) is 41.8 Å². The smallest absolute Gasteiger partial charge is 0.279 e.